The number of aromatic nitrogens is 2. The summed E-state index contributed by atoms with van der Waals surface area (Å²) in [6.45, 7) is 0. The maximum absolute atomic E-state index is 2.43. The molecule has 11 aromatic carbocycles. The molecule has 0 saturated heterocycles. The van der Waals surface area contributed by atoms with Crippen LogP contribution in [0.3, 0.4) is 0 Å². The summed E-state index contributed by atoms with van der Waals surface area (Å²) in [6.07, 6.45) is 0. The molecule has 2 heterocycles. The second kappa shape index (κ2) is 13.5. The predicted octanol–water partition coefficient (Wildman–Crippen LogP) is 16.8. The largest absolute Gasteiger partial charge is 0.309 e. The molecule has 1 aliphatic carbocycles. The fraction of sp³-hybridized carbons (Fsp3) is 0. The zero-order valence-corrected chi connectivity index (χ0v) is 34.8. The number of rotatable bonds is 5. The Kier molecular flexibility index (Phi) is 7.43. The van der Waals surface area contributed by atoms with Gasteiger partial charge >= 0.3 is 0 Å². The second-order valence-electron chi connectivity index (χ2n) is 17.3. The van der Waals surface area contributed by atoms with E-state index in [4.69, 9.17) is 0 Å². The Bertz CT molecular complexity index is 4050. The highest BCUT2D eigenvalue weighted by Gasteiger charge is 2.22. The van der Waals surface area contributed by atoms with Crippen molar-refractivity contribution in [2.24, 2.45) is 0 Å². The van der Waals surface area contributed by atoms with Crippen molar-refractivity contribution in [1.29, 1.82) is 0 Å². The molecular formula is C62H38N2. The van der Waals surface area contributed by atoms with Crippen molar-refractivity contribution in [3.8, 4) is 67.0 Å². The smallest absolute Gasteiger partial charge is 0.0619 e. The van der Waals surface area contributed by atoms with Crippen LogP contribution in [0, 0.1) is 0 Å². The average molecular weight is 811 g/mol. The van der Waals surface area contributed by atoms with Crippen molar-refractivity contribution in [2.75, 3.05) is 0 Å². The minimum atomic E-state index is 1.15. The van der Waals surface area contributed by atoms with Crippen LogP contribution in [0.1, 0.15) is 0 Å². The minimum Gasteiger partial charge on any atom is -0.309 e. The highest BCUT2D eigenvalue weighted by Crippen LogP contribution is 2.48. The van der Waals surface area contributed by atoms with Crippen LogP contribution in [0.4, 0.5) is 0 Å². The molecule has 2 aromatic heterocycles. The molecule has 2 nitrogen and oxygen atoms in total. The third kappa shape index (κ3) is 5.14. The Morgan fingerprint density at radius 2 is 0.781 bits per heavy atom. The number of nitrogens with zero attached hydrogens (tertiary/aromatic N) is 2. The zero-order chi connectivity index (χ0) is 41.9. The first-order valence-electron chi connectivity index (χ1n) is 22.2. The monoisotopic (exact) mass is 810 g/mol. The number of hydrogen-bond acceptors (Lipinski definition) is 0. The van der Waals surface area contributed by atoms with Crippen molar-refractivity contribution in [3.63, 3.8) is 0 Å². The van der Waals surface area contributed by atoms with Crippen molar-refractivity contribution in [1.82, 2.24) is 9.13 Å². The lowest BCUT2D eigenvalue weighted by Gasteiger charge is -2.11. The standard InChI is InChI=1S/C62H38N2/c1-2-16-47(17-3-1)64-60-34-28-46(38-57(60)54-32-25-40-11-4-5-18-49(40)62(54)64)45-27-33-59-56(37-45)51-19-6-7-22-58(51)63(59)48-29-23-39(24-30-48)42-14-8-15-43(35-42)44-26-31-50-52-20-9-12-41-13-10-21-53(61(41)52)55(50)36-44/h1-38H. The molecule has 0 atom stereocenters. The van der Waals surface area contributed by atoms with E-state index in [9.17, 15) is 0 Å². The summed E-state index contributed by atoms with van der Waals surface area (Å²) in [5.41, 5.74) is 19.8. The Morgan fingerprint density at radius 3 is 1.58 bits per heavy atom. The number of benzene rings is 11. The van der Waals surface area contributed by atoms with Crippen LogP contribution in [0.2, 0.25) is 0 Å². The molecule has 0 amide bonds. The summed E-state index contributed by atoms with van der Waals surface area (Å²) in [6, 6.07) is 85.2. The molecule has 13 aromatic rings. The molecule has 64 heavy (non-hydrogen) atoms. The summed E-state index contributed by atoms with van der Waals surface area (Å²) in [7, 11) is 0. The molecule has 1 aliphatic rings. The summed E-state index contributed by atoms with van der Waals surface area (Å²) in [4.78, 5) is 0. The lowest BCUT2D eigenvalue weighted by molar-refractivity contribution is 1.18. The van der Waals surface area contributed by atoms with Crippen molar-refractivity contribution in [3.05, 3.63) is 231 Å². The molecule has 296 valence electrons. The molecule has 0 saturated carbocycles. The van der Waals surface area contributed by atoms with Gasteiger partial charge in [-0.2, -0.15) is 0 Å². The summed E-state index contributed by atoms with van der Waals surface area (Å²) in [5.74, 6) is 0. The maximum atomic E-state index is 2.43. The third-order valence-electron chi connectivity index (χ3n) is 13.8. The van der Waals surface area contributed by atoms with Gasteiger partial charge in [-0.25, -0.2) is 0 Å². The normalized spacial score (nSPS) is 12.1. The molecule has 0 radical (unpaired) electrons. The van der Waals surface area contributed by atoms with Crippen LogP contribution in [-0.2, 0) is 0 Å². The van der Waals surface area contributed by atoms with Crippen LogP contribution >= 0.6 is 0 Å². The van der Waals surface area contributed by atoms with Gasteiger partial charge in [-0.05, 0) is 139 Å². The quantitative estimate of drug-likeness (QED) is 0.164. The topological polar surface area (TPSA) is 9.86 Å². The van der Waals surface area contributed by atoms with Crippen LogP contribution in [0.5, 0.6) is 0 Å². The molecular weight excluding hydrogens is 773 g/mol. The van der Waals surface area contributed by atoms with E-state index in [1.54, 1.807) is 0 Å². The third-order valence-corrected chi connectivity index (χ3v) is 13.8. The van der Waals surface area contributed by atoms with E-state index in [-0.39, 0.29) is 0 Å². The van der Waals surface area contributed by atoms with Crippen molar-refractivity contribution < 1.29 is 0 Å². The Balaban J connectivity index is 0.835. The predicted molar refractivity (Wildman–Crippen MR) is 271 cm³/mol. The maximum Gasteiger partial charge on any atom is 0.0619 e. The van der Waals surface area contributed by atoms with E-state index in [2.05, 4.69) is 240 Å². The first-order chi connectivity index (χ1) is 31.7. The van der Waals surface area contributed by atoms with Gasteiger partial charge in [0.2, 0.25) is 0 Å². The van der Waals surface area contributed by atoms with Crippen LogP contribution < -0.4 is 0 Å². The van der Waals surface area contributed by atoms with Gasteiger partial charge in [0.15, 0.2) is 0 Å². The van der Waals surface area contributed by atoms with Gasteiger partial charge in [0.05, 0.1) is 22.1 Å². The van der Waals surface area contributed by atoms with Crippen LogP contribution in [0.25, 0.3) is 132 Å². The summed E-state index contributed by atoms with van der Waals surface area (Å²) < 4.78 is 4.85. The fourth-order valence-corrected chi connectivity index (χ4v) is 10.9. The van der Waals surface area contributed by atoms with Crippen LogP contribution in [0.15, 0.2) is 231 Å². The second-order valence-corrected chi connectivity index (χ2v) is 17.3. The molecule has 0 bridgehead atoms. The first-order valence-corrected chi connectivity index (χ1v) is 22.2. The van der Waals surface area contributed by atoms with Crippen LogP contribution in [-0.4, -0.2) is 9.13 Å². The van der Waals surface area contributed by atoms with Gasteiger partial charge in [0.1, 0.15) is 0 Å². The van der Waals surface area contributed by atoms with Gasteiger partial charge in [-0.1, -0.05) is 164 Å². The molecule has 14 rings (SSSR count). The van der Waals surface area contributed by atoms with E-state index in [0.29, 0.717) is 0 Å². The van der Waals surface area contributed by atoms with Gasteiger partial charge in [-0.3, -0.25) is 0 Å². The number of para-hydroxylation sites is 2. The van der Waals surface area contributed by atoms with Crippen molar-refractivity contribution in [2.45, 2.75) is 0 Å². The SMILES string of the molecule is c1ccc(-n2c3ccc(-c4ccc5c(c4)c4ccccc4n5-c4ccc(-c5cccc(-c6ccc7c(c6)-c6cccc8cccc-7c68)c5)cc4)cc3c3ccc4ccccc4c32)cc1. The van der Waals surface area contributed by atoms with Crippen molar-refractivity contribution >= 4 is 65.2 Å². The molecule has 0 spiro atoms. The van der Waals surface area contributed by atoms with E-state index in [1.165, 1.54) is 126 Å². The van der Waals surface area contributed by atoms with E-state index in [0.717, 1.165) is 5.69 Å². The molecule has 2 heteroatoms. The Morgan fingerprint density at radius 1 is 0.234 bits per heavy atom. The van der Waals surface area contributed by atoms with Gasteiger partial charge < -0.3 is 9.13 Å². The highest BCUT2D eigenvalue weighted by molar-refractivity contribution is 6.20. The average Bonchev–Trinajstić information content (AvgIpc) is 4.00. The van der Waals surface area contributed by atoms with Gasteiger partial charge in [-0.15, -0.1) is 0 Å². The highest BCUT2D eigenvalue weighted by atomic mass is 15.0. The lowest BCUT2D eigenvalue weighted by Crippen LogP contribution is -1.94. The van der Waals surface area contributed by atoms with E-state index >= 15 is 0 Å². The number of fused-ring (bicyclic) bond motifs is 11. The van der Waals surface area contributed by atoms with E-state index < -0.39 is 0 Å². The summed E-state index contributed by atoms with van der Waals surface area (Å²) >= 11 is 0. The zero-order valence-electron chi connectivity index (χ0n) is 34.8. The Labute approximate surface area is 370 Å². The molecule has 0 N–H and O–H groups in total. The lowest BCUT2D eigenvalue weighted by atomic mass is 9.95. The summed E-state index contributed by atoms with van der Waals surface area (Å²) in [5, 5.41) is 10.2. The Hall–Kier alpha value is -8.46. The first kappa shape index (κ1) is 35.2. The minimum absolute atomic E-state index is 1.15. The molecule has 0 fully saturated rings. The number of hydrogen-bond donors (Lipinski definition) is 0. The van der Waals surface area contributed by atoms with Gasteiger partial charge in [0, 0.05) is 38.3 Å². The molecule has 0 unspecified atom stereocenters. The van der Waals surface area contributed by atoms with E-state index in [1.807, 2.05) is 0 Å². The molecule has 0 aliphatic heterocycles. The van der Waals surface area contributed by atoms with Gasteiger partial charge in [0.25, 0.3) is 0 Å². The fourth-order valence-electron chi connectivity index (χ4n) is 10.9.